The number of thioether (sulfide) groups is 1. The predicted molar refractivity (Wildman–Crippen MR) is 77.6 cm³/mol. The summed E-state index contributed by atoms with van der Waals surface area (Å²) in [7, 11) is 0. The standard InChI is InChI=1S/C14H26N2OS/c1-12-3-5-14(11-15,6-4-12)13(17)16-7-2-9-18-10-8-16/h12H,2-11,15H2,1H3. The molecule has 0 radical (unpaired) electrons. The van der Waals surface area contributed by atoms with E-state index in [0.29, 0.717) is 12.5 Å². The van der Waals surface area contributed by atoms with E-state index in [0.717, 1.165) is 56.9 Å². The van der Waals surface area contributed by atoms with Gasteiger partial charge >= 0.3 is 0 Å². The van der Waals surface area contributed by atoms with Gasteiger partial charge in [0.2, 0.25) is 5.91 Å². The zero-order chi connectivity index (χ0) is 13.0. The number of rotatable bonds is 2. The predicted octanol–water partition coefficient (Wildman–Crippen LogP) is 2.11. The van der Waals surface area contributed by atoms with Gasteiger partial charge in [-0.15, -0.1) is 0 Å². The summed E-state index contributed by atoms with van der Waals surface area (Å²) >= 11 is 1.97. The van der Waals surface area contributed by atoms with Crippen LogP contribution in [0.25, 0.3) is 0 Å². The van der Waals surface area contributed by atoms with Gasteiger partial charge in [0.25, 0.3) is 0 Å². The van der Waals surface area contributed by atoms with Crippen molar-refractivity contribution in [3.63, 3.8) is 0 Å². The number of hydrogen-bond donors (Lipinski definition) is 1. The summed E-state index contributed by atoms with van der Waals surface area (Å²) in [6.45, 7) is 4.67. The third-order valence-corrected chi connectivity index (χ3v) is 5.63. The van der Waals surface area contributed by atoms with Crippen LogP contribution in [0.3, 0.4) is 0 Å². The van der Waals surface area contributed by atoms with Crippen molar-refractivity contribution in [2.75, 3.05) is 31.1 Å². The summed E-state index contributed by atoms with van der Waals surface area (Å²) in [5.74, 6) is 3.38. The summed E-state index contributed by atoms with van der Waals surface area (Å²) in [6, 6.07) is 0. The first-order chi connectivity index (χ1) is 8.68. The monoisotopic (exact) mass is 270 g/mol. The zero-order valence-corrected chi connectivity index (χ0v) is 12.3. The molecule has 2 rings (SSSR count). The number of amides is 1. The van der Waals surface area contributed by atoms with Gasteiger partial charge in [-0.2, -0.15) is 11.8 Å². The Balaban J connectivity index is 2.04. The van der Waals surface area contributed by atoms with E-state index in [-0.39, 0.29) is 5.41 Å². The Bertz CT molecular complexity index is 280. The SMILES string of the molecule is CC1CCC(CN)(C(=O)N2CCCSCC2)CC1. The molecule has 0 unspecified atom stereocenters. The molecule has 1 saturated carbocycles. The van der Waals surface area contributed by atoms with Crippen LogP contribution in [0.4, 0.5) is 0 Å². The van der Waals surface area contributed by atoms with E-state index in [1.54, 1.807) is 0 Å². The van der Waals surface area contributed by atoms with Gasteiger partial charge in [0, 0.05) is 25.4 Å². The van der Waals surface area contributed by atoms with Gasteiger partial charge in [0.15, 0.2) is 0 Å². The molecule has 0 atom stereocenters. The van der Waals surface area contributed by atoms with Gasteiger partial charge in [-0.3, -0.25) is 4.79 Å². The number of nitrogens with two attached hydrogens (primary N) is 1. The lowest BCUT2D eigenvalue weighted by atomic mass is 9.70. The minimum absolute atomic E-state index is 0.235. The molecule has 4 heteroatoms. The second-order valence-electron chi connectivity index (χ2n) is 5.93. The molecule has 104 valence electrons. The van der Waals surface area contributed by atoms with Crippen molar-refractivity contribution < 1.29 is 4.79 Å². The summed E-state index contributed by atoms with van der Waals surface area (Å²) in [4.78, 5) is 14.9. The summed E-state index contributed by atoms with van der Waals surface area (Å²) < 4.78 is 0. The van der Waals surface area contributed by atoms with Crippen LogP contribution in [0, 0.1) is 11.3 Å². The van der Waals surface area contributed by atoms with Gasteiger partial charge in [0.05, 0.1) is 5.41 Å². The van der Waals surface area contributed by atoms with Gasteiger partial charge in [0.1, 0.15) is 0 Å². The molecule has 0 bridgehead atoms. The molecule has 2 fully saturated rings. The van der Waals surface area contributed by atoms with Crippen LogP contribution in [0.15, 0.2) is 0 Å². The number of nitrogens with zero attached hydrogens (tertiary/aromatic N) is 1. The van der Waals surface area contributed by atoms with Crippen molar-refractivity contribution in [3.8, 4) is 0 Å². The number of hydrogen-bond acceptors (Lipinski definition) is 3. The highest BCUT2D eigenvalue weighted by Crippen LogP contribution is 2.39. The molecular formula is C14H26N2OS. The quantitative estimate of drug-likeness (QED) is 0.836. The maximum Gasteiger partial charge on any atom is 0.230 e. The average Bonchev–Trinajstić information content (AvgIpc) is 2.68. The lowest BCUT2D eigenvalue weighted by molar-refractivity contribution is -0.143. The van der Waals surface area contributed by atoms with Gasteiger partial charge in [-0.25, -0.2) is 0 Å². The zero-order valence-electron chi connectivity index (χ0n) is 11.5. The molecule has 1 amide bonds. The Morgan fingerprint density at radius 2 is 2.06 bits per heavy atom. The molecule has 2 aliphatic rings. The Labute approximate surface area is 115 Å². The first-order valence-electron chi connectivity index (χ1n) is 7.25. The highest BCUT2D eigenvalue weighted by molar-refractivity contribution is 7.99. The second-order valence-corrected chi connectivity index (χ2v) is 7.15. The third kappa shape index (κ3) is 3.02. The van der Waals surface area contributed by atoms with Crippen molar-refractivity contribution in [1.29, 1.82) is 0 Å². The number of carbonyl (C=O) groups excluding carboxylic acids is 1. The fourth-order valence-electron chi connectivity index (χ4n) is 3.10. The molecule has 1 aliphatic heterocycles. The van der Waals surface area contributed by atoms with E-state index in [2.05, 4.69) is 11.8 Å². The Morgan fingerprint density at radius 3 is 2.72 bits per heavy atom. The maximum atomic E-state index is 12.8. The van der Waals surface area contributed by atoms with E-state index in [1.165, 1.54) is 5.75 Å². The largest absolute Gasteiger partial charge is 0.341 e. The number of carbonyl (C=O) groups is 1. The van der Waals surface area contributed by atoms with E-state index >= 15 is 0 Å². The van der Waals surface area contributed by atoms with Crippen molar-refractivity contribution in [2.45, 2.75) is 39.0 Å². The highest BCUT2D eigenvalue weighted by atomic mass is 32.2. The summed E-state index contributed by atoms with van der Waals surface area (Å²) in [5.41, 5.74) is 5.74. The van der Waals surface area contributed by atoms with E-state index < -0.39 is 0 Å². The Morgan fingerprint density at radius 1 is 1.33 bits per heavy atom. The molecule has 3 nitrogen and oxygen atoms in total. The average molecular weight is 270 g/mol. The highest BCUT2D eigenvalue weighted by Gasteiger charge is 2.42. The first kappa shape index (κ1) is 14.2. The molecule has 0 spiro atoms. The van der Waals surface area contributed by atoms with Crippen molar-refractivity contribution >= 4 is 17.7 Å². The maximum absolute atomic E-state index is 12.8. The Hall–Kier alpha value is -0.220. The third-order valence-electron chi connectivity index (χ3n) is 4.59. The van der Waals surface area contributed by atoms with Crippen LogP contribution in [0.2, 0.25) is 0 Å². The van der Waals surface area contributed by atoms with Crippen LogP contribution < -0.4 is 5.73 Å². The molecule has 0 aromatic rings. The molecule has 1 aliphatic carbocycles. The fraction of sp³-hybridized carbons (Fsp3) is 0.929. The van der Waals surface area contributed by atoms with E-state index in [1.807, 2.05) is 11.8 Å². The lowest BCUT2D eigenvalue weighted by Crippen LogP contribution is -2.50. The van der Waals surface area contributed by atoms with Crippen LogP contribution in [-0.4, -0.2) is 41.9 Å². The first-order valence-corrected chi connectivity index (χ1v) is 8.40. The van der Waals surface area contributed by atoms with Crippen LogP contribution in [-0.2, 0) is 4.79 Å². The summed E-state index contributed by atoms with van der Waals surface area (Å²) in [6.07, 6.45) is 5.44. The van der Waals surface area contributed by atoms with Gasteiger partial charge in [-0.1, -0.05) is 6.92 Å². The molecule has 1 heterocycles. The minimum Gasteiger partial charge on any atom is -0.341 e. The topological polar surface area (TPSA) is 46.3 Å². The normalized spacial score (nSPS) is 34.1. The molecule has 18 heavy (non-hydrogen) atoms. The molecule has 1 saturated heterocycles. The van der Waals surface area contributed by atoms with E-state index in [9.17, 15) is 4.79 Å². The van der Waals surface area contributed by atoms with Gasteiger partial charge in [-0.05, 0) is 43.8 Å². The Kier molecular flexibility index (Phi) is 4.96. The fourth-order valence-corrected chi connectivity index (χ4v) is 3.99. The molecule has 0 aromatic heterocycles. The minimum atomic E-state index is -0.235. The van der Waals surface area contributed by atoms with Crippen LogP contribution >= 0.6 is 11.8 Å². The molecule has 2 N–H and O–H groups in total. The molecule has 0 aromatic carbocycles. The smallest absolute Gasteiger partial charge is 0.230 e. The van der Waals surface area contributed by atoms with Gasteiger partial charge < -0.3 is 10.6 Å². The van der Waals surface area contributed by atoms with E-state index in [4.69, 9.17) is 5.73 Å². The van der Waals surface area contributed by atoms with Crippen molar-refractivity contribution in [1.82, 2.24) is 4.90 Å². The second kappa shape index (κ2) is 6.29. The molecular weight excluding hydrogens is 244 g/mol. The van der Waals surface area contributed by atoms with Crippen LogP contribution in [0.5, 0.6) is 0 Å². The van der Waals surface area contributed by atoms with Crippen LogP contribution in [0.1, 0.15) is 39.0 Å². The summed E-state index contributed by atoms with van der Waals surface area (Å²) in [5, 5.41) is 0. The van der Waals surface area contributed by atoms with Crippen molar-refractivity contribution in [3.05, 3.63) is 0 Å². The lowest BCUT2D eigenvalue weighted by Gasteiger charge is -2.40. The van der Waals surface area contributed by atoms with Crippen molar-refractivity contribution in [2.24, 2.45) is 17.1 Å².